The van der Waals surface area contributed by atoms with E-state index in [2.05, 4.69) is 5.32 Å². The zero-order valence-corrected chi connectivity index (χ0v) is 30.1. The zero-order valence-electron chi connectivity index (χ0n) is 28.5. The van der Waals surface area contributed by atoms with Crippen LogP contribution in [0.15, 0.2) is 113 Å². The Morgan fingerprint density at radius 2 is 1.52 bits per heavy atom. The minimum Gasteiger partial charge on any atom is -0.494 e. The topological polar surface area (TPSA) is 96.0 Å². The van der Waals surface area contributed by atoms with Crippen molar-refractivity contribution in [3.8, 4) is 5.75 Å². The fraction of sp³-hybridized carbons (Fsp3) is 0.316. The molecule has 48 heavy (non-hydrogen) atoms. The fourth-order valence-electron chi connectivity index (χ4n) is 5.29. The van der Waals surface area contributed by atoms with E-state index >= 15 is 0 Å². The van der Waals surface area contributed by atoms with Crippen molar-refractivity contribution in [1.29, 1.82) is 0 Å². The smallest absolute Gasteiger partial charge is 0.264 e. The van der Waals surface area contributed by atoms with Crippen LogP contribution in [0, 0.1) is 6.92 Å². The largest absolute Gasteiger partial charge is 0.494 e. The Morgan fingerprint density at radius 3 is 2.10 bits per heavy atom. The van der Waals surface area contributed by atoms with E-state index in [0.29, 0.717) is 18.0 Å². The molecule has 0 bridgehead atoms. The summed E-state index contributed by atoms with van der Waals surface area (Å²) in [5, 5.41) is 3.06. The van der Waals surface area contributed by atoms with Crippen LogP contribution in [0.2, 0.25) is 0 Å². The molecular weight excluding hydrogens is 643 g/mol. The van der Waals surface area contributed by atoms with Gasteiger partial charge in [0, 0.05) is 23.4 Å². The van der Waals surface area contributed by atoms with Crippen LogP contribution in [-0.4, -0.2) is 56.1 Å². The molecule has 0 unspecified atom stereocenters. The molecule has 10 heteroatoms. The van der Waals surface area contributed by atoms with Gasteiger partial charge in [0.05, 0.1) is 17.2 Å². The highest BCUT2D eigenvalue weighted by Gasteiger charge is 2.35. The van der Waals surface area contributed by atoms with Crippen molar-refractivity contribution in [2.24, 2.45) is 0 Å². The Kier molecular flexibility index (Phi) is 12.3. The lowest BCUT2D eigenvalue weighted by Gasteiger charge is -2.35. The molecule has 2 amide bonds. The third-order valence-corrected chi connectivity index (χ3v) is 10.1. The zero-order chi connectivity index (χ0) is 34.9. The number of sulfonamides is 1. The number of amides is 2. The summed E-state index contributed by atoms with van der Waals surface area (Å²) in [7, 11) is -4.21. The van der Waals surface area contributed by atoms with Gasteiger partial charge in [0.2, 0.25) is 11.8 Å². The van der Waals surface area contributed by atoms with Gasteiger partial charge < -0.3 is 15.0 Å². The lowest BCUT2D eigenvalue weighted by Crippen LogP contribution is -2.56. The predicted molar refractivity (Wildman–Crippen MR) is 194 cm³/mol. The van der Waals surface area contributed by atoms with Crippen LogP contribution < -0.4 is 14.4 Å². The number of nitrogens with zero attached hydrogens (tertiary/aromatic N) is 2. The number of aryl methyl sites for hydroxylation is 1. The third-order valence-electron chi connectivity index (χ3n) is 7.57. The van der Waals surface area contributed by atoms with Crippen molar-refractivity contribution in [3.63, 3.8) is 0 Å². The lowest BCUT2D eigenvalue weighted by atomic mass is 10.0. The third kappa shape index (κ3) is 9.87. The molecule has 254 valence electrons. The van der Waals surface area contributed by atoms with E-state index in [-0.39, 0.29) is 23.8 Å². The summed E-state index contributed by atoms with van der Waals surface area (Å²) in [6.07, 6.45) is 2.16. The highest BCUT2D eigenvalue weighted by molar-refractivity contribution is 7.98. The van der Waals surface area contributed by atoms with Gasteiger partial charge in [-0.15, -0.1) is 11.8 Å². The Morgan fingerprint density at radius 1 is 0.875 bits per heavy atom. The molecule has 4 aromatic carbocycles. The van der Waals surface area contributed by atoms with E-state index in [4.69, 9.17) is 4.74 Å². The van der Waals surface area contributed by atoms with Crippen molar-refractivity contribution < 1.29 is 22.7 Å². The maximum absolute atomic E-state index is 14.7. The Labute approximate surface area is 289 Å². The van der Waals surface area contributed by atoms with E-state index < -0.39 is 34.1 Å². The molecule has 0 aromatic heterocycles. The highest BCUT2D eigenvalue weighted by atomic mass is 32.2. The second kappa shape index (κ2) is 16.2. The first-order chi connectivity index (χ1) is 22.8. The Balaban J connectivity index is 1.82. The number of benzene rings is 4. The SMILES string of the molecule is CCOc1ccc(N(CC(=O)N(Cc2cccc(C)c2)[C@@H](Cc2ccccc2)C(=O)NC(C)(C)C)S(=O)(=O)c2ccc(SC)cc2)cc1. The quantitative estimate of drug-likeness (QED) is 0.146. The number of ether oxygens (including phenoxy) is 1. The molecule has 4 rings (SSSR count). The average molecular weight is 688 g/mol. The number of hydrogen-bond donors (Lipinski definition) is 1. The molecular formula is C38H45N3O5S2. The molecule has 0 saturated carbocycles. The van der Waals surface area contributed by atoms with Gasteiger partial charge in [-0.2, -0.15) is 0 Å². The molecule has 1 N–H and O–H groups in total. The van der Waals surface area contributed by atoms with Crippen LogP contribution in [0.25, 0.3) is 0 Å². The molecule has 0 aliphatic heterocycles. The van der Waals surface area contributed by atoms with Crippen LogP contribution in [0.4, 0.5) is 5.69 Å². The van der Waals surface area contributed by atoms with Crippen molar-refractivity contribution >= 4 is 39.3 Å². The van der Waals surface area contributed by atoms with Crippen LogP contribution >= 0.6 is 11.8 Å². The van der Waals surface area contributed by atoms with Gasteiger partial charge in [-0.3, -0.25) is 13.9 Å². The van der Waals surface area contributed by atoms with Crippen LogP contribution in [-0.2, 0) is 32.6 Å². The number of nitrogens with one attached hydrogen (secondary N) is 1. The summed E-state index contributed by atoms with van der Waals surface area (Å²) in [5.74, 6) is -0.257. The number of carbonyl (C=O) groups excluding carboxylic acids is 2. The van der Waals surface area contributed by atoms with Crippen molar-refractivity contribution in [1.82, 2.24) is 10.2 Å². The lowest BCUT2D eigenvalue weighted by molar-refractivity contribution is -0.140. The molecule has 1 atom stereocenters. The van der Waals surface area contributed by atoms with E-state index in [0.717, 1.165) is 25.9 Å². The Hall–Kier alpha value is -4.28. The molecule has 0 heterocycles. The van der Waals surface area contributed by atoms with Gasteiger partial charge in [-0.05, 0) is 101 Å². The molecule has 0 radical (unpaired) electrons. The Bertz CT molecular complexity index is 1770. The normalized spacial score (nSPS) is 12.2. The van der Waals surface area contributed by atoms with Gasteiger partial charge >= 0.3 is 0 Å². The van der Waals surface area contributed by atoms with Gasteiger partial charge in [0.1, 0.15) is 18.3 Å². The maximum Gasteiger partial charge on any atom is 0.264 e. The number of rotatable bonds is 14. The summed E-state index contributed by atoms with van der Waals surface area (Å²) in [5.41, 5.74) is 2.44. The fourth-order valence-corrected chi connectivity index (χ4v) is 7.12. The number of thioether (sulfide) groups is 1. The number of hydrogen-bond acceptors (Lipinski definition) is 6. The first-order valence-corrected chi connectivity index (χ1v) is 18.6. The molecule has 0 aliphatic rings. The molecule has 4 aromatic rings. The number of carbonyl (C=O) groups is 2. The number of anilines is 1. The second-order valence-electron chi connectivity index (χ2n) is 12.6. The average Bonchev–Trinajstić information content (AvgIpc) is 3.05. The minimum absolute atomic E-state index is 0.0542. The first-order valence-electron chi connectivity index (χ1n) is 15.9. The first kappa shape index (κ1) is 36.6. The second-order valence-corrected chi connectivity index (χ2v) is 15.3. The van der Waals surface area contributed by atoms with E-state index in [1.54, 1.807) is 48.5 Å². The summed E-state index contributed by atoms with van der Waals surface area (Å²) in [4.78, 5) is 31.2. The van der Waals surface area contributed by atoms with Gasteiger partial charge in [-0.25, -0.2) is 8.42 Å². The summed E-state index contributed by atoms with van der Waals surface area (Å²) in [6, 6.07) is 29.5. The van der Waals surface area contributed by atoms with Crippen LogP contribution in [0.3, 0.4) is 0 Å². The van der Waals surface area contributed by atoms with Gasteiger partial charge in [0.15, 0.2) is 0 Å². The standard InChI is InChI=1S/C38H45N3O5S2/c1-7-46-32-18-16-31(17-19-32)41(48(44,45)34-22-20-33(47-6)21-23-34)27-36(42)40(26-30-15-11-12-28(2)24-30)35(37(43)39-38(3,4)5)25-29-13-9-8-10-14-29/h8-24,35H,7,25-27H2,1-6H3,(H,39,43)/t35-/m0/s1. The molecule has 0 spiro atoms. The van der Waals surface area contributed by atoms with Crippen molar-refractivity contribution in [2.75, 3.05) is 23.7 Å². The van der Waals surface area contributed by atoms with Gasteiger partial charge in [0.25, 0.3) is 10.0 Å². The highest BCUT2D eigenvalue weighted by Crippen LogP contribution is 2.28. The van der Waals surface area contributed by atoms with Crippen LogP contribution in [0.5, 0.6) is 5.75 Å². The summed E-state index contributed by atoms with van der Waals surface area (Å²) in [6.45, 7) is 9.53. The predicted octanol–water partition coefficient (Wildman–Crippen LogP) is 6.87. The molecule has 0 saturated heterocycles. The van der Waals surface area contributed by atoms with Crippen molar-refractivity contribution in [2.45, 2.75) is 69.0 Å². The molecule has 0 aliphatic carbocycles. The minimum atomic E-state index is -4.21. The summed E-state index contributed by atoms with van der Waals surface area (Å²) < 4.78 is 35.4. The molecule has 8 nitrogen and oxygen atoms in total. The monoisotopic (exact) mass is 687 g/mol. The molecule has 0 fully saturated rings. The van der Waals surface area contributed by atoms with Crippen LogP contribution in [0.1, 0.15) is 44.4 Å². The van der Waals surface area contributed by atoms with Crippen molar-refractivity contribution in [3.05, 3.63) is 120 Å². The maximum atomic E-state index is 14.7. The van der Waals surface area contributed by atoms with E-state index in [9.17, 15) is 18.0 Å². The van der Waals surface area contributed by atoms with Gasteiger partial charge in [-0.1, -0.05) is 60.2 Å². The van der Waals surface area contributed by atoms with E-state index in [1.165, 1.54) is 16.7 Å². The van der Waals surface area contributed by atoms with E-state index in [1.807, 2.05) is 95.5 Å². The summed E-state index contributed by atoms with van der Waals surface area (Å²) >= 11 is 1.50.